The molecule has 0 bridgehead atoms. The maximum Gasteiger partial charge on any atom is 0.246 e. The average molecular weight is 480 g/mol. The summed E-state index contributed by atoms with van der Waals surface area (Å²) < 4.78 is 2.07. The second-order valence-corrected chi connectivity index (χ2v) is 9.68. The molecule has 1 aliphatic rings. The molecular weight excluding hydrogens is 450 g/mol. The summed E-state index contributed by atoms with van der Waals surface area (Å²) in [6.07, 6.45) is 4.72. The molecule has 4 rings (SSSR count). The van der Waals surface area contributed by atoms with Gasteiger partial charge in [0, 0.05) is 53.6 Å². The average Bonchev–Trinajstić information content (AvgIpc) is 3.03. The minimum Gasteiger partial charge on any atom is -0.338 e. The number of carbonyl (C=O) groups excluding carboxylic acids is 2. The maximum atomic E-state index is 13.3. The number of aromatic nitrogens is 3. The number of hydrogen-bond acceptors (Lipinski definition) is 4. The Balaban J connectivity index is 1.75. The van der Waals surface area contributed by atoms with Crippen molar-refractivity contribution in [2.24, 2.45) is 0 Å². The SMILES string of the molecule is C=CC(=O)N1CC(N(C)C(=O)Cn2c(C)c(-c3cncnc3C(C)C)c3cc(Cl)cc(C)c32)C1. The van der Waals surface area contributed by atoms with Crippen molar-refractivity contribution in [2.75, 3.05) is 20.1 Å². The molecule has 8 heteroatoms. The van der Waals surface area contributed by atoms with Crippen LogP contribution in [0.25, 0.3) is 22.0 Å². The van der Waals surface area contributed by atoms with Crippen LogP contribution in [0.3, 0.4) is 0 Å². The molecular formula is C26H30ClN5O2. The van der Waals surface area contributed by atoms with Crippen molar-refractivity contribution in [1.29, 1.82) is 0 Å². The van der Waals surface area contributed by atoms with Crippen molar-refractivity contribution >= 4 is 34.3 Å². The van der Waals surface area contributed by atoms with Crippen LogP contribution in [-0.4, -0.2) is 62.3 Å². The number of fused-ring (bicyclic) bond motifs is 1. The molecule has 3 heterocycles. The van der Waals surface area contributed by atoms with Crippen molar-refractivity contribution in [3.8, 4) is 11.1 Å². The molecule has 0 saturated carbocycles. The topological polar surface area (TPSA) is 71.3 Å². The summed E-state index contributed by atoms with van der Waals surface area (Å²) in [5.74, 6) is 0.0983. The van der Waals surface area contributed by atoms with E-state index < -0.39 is 0 Å². The van der Waals surface area contributed by atoms with Gasteiger partial charge in [-0.1, -0.05) is 32.0 Å². The van der Waals surface area contributed by atoms with E-state index in [9.17, 15) is 9.59 Å². The Morgan fingerprint density at radius 3 is 2.65 bits per heavy atom. The lowest BCUT2D eigenvalue weighted by Gasteiger charge is -2.43. The van der Waals surface area contributed by atoms with E-state index in [4.69, 9.17) is 11.6 Å². The Morgan fingerprint density at radius 2 is 2.00 bits per heavy atom. The zero-order chi connectivity index (χ0) is 24.7. The Morgan fingerprint density at radius 1 is 1.29 bits per heavy atom. The number of hydrogen-bond donors (Lipinski definition) is 0. The third-order valence-electron chi connectivity index (χ3n) is 6.71. The number of benzene rings is 1. The highest BCUT2D eigenvalue weighted by molar-refractivity contribution is 6.31. The number of halogens is 1. The molecule has 0 aliphatic carbocycles. The summed E-state index contributed by atoms with van der Waals surface area (Å²) in [4.78, 5) is 37.4. The van der Waals surface area contributed by atoms with Gasteiger partial charge in [-0.3, -0.25) is 9.59 Å². The second kappa shape index (κ2) is 9.22. The van der Waals surface area contributed by atoms with Gasteiger partial charge in [-0.25, -0.2) is 9.97 Å². The first-order chi connectivity index (χ1) is 16.1. The Hall–Kier alpha value is -3.19. The molecule has 2 amide bonds. The highest BCUT2D eigenvalue weighted by atomic mass is 35.5. The minimum atomic E-state index is -0.104. The number of carbonyl (C=O) groups is 2. The van der Waals surface area contributed by atoms with Crippen LogP contribution in [0.1, 0.15) is 36.7 Å². The summed E-state index contributed by atoms with van der Waals surface area (Å²) in [5, 5.41) is 1.64. The fourth-order valence-corrected chi connectivity index (χ4v) is 5.04. The molecule has 178 valence electrons. The molecule has 0 N–H and O–H groups in total. The van der Waals surface area contributed by atoms with E-state index in [0.29, 0.717) is 18.1 Å². The van der Waals surface area contributed by atoms with Crippen molar-refractivity contribution in [2.45, 2.75) is 46.2 Å². The summed E-state index contributed by atoms with van der Waals surface area (Å²) in [6, 6.07) is 3.88. The molecule has 3 aromatic rings. The smallest absolute Gasteiger partial charge is 0.246 e. The third-order valence-corrected chi connectivity index (χ3v) is 6.93. The molecule has 2 aromatic heterocycles. The lowest BCUT2D eigenvalue weighted by molar-refractivity contribution is -0.142. The number of likely N-dealkylation sites (tertiary alicyclic amines) is 1. The van der Waals surface area contributed by atoms with Crippen LogP contribution in [0.4, 0.5) is 0 Å². The first kappa shape index (κ1) is 24.0. The van der Waals surface area contributed by atoms with Crippen molar-refractivity contribution < 1.29 is 9.59 Å². The number of likely N-dealkylation sites (N-methyl/N-ethyl adjacent to an activating group) is 1. The van der Waals surface area contributed by atoms with Crippen LogP contribution in [0.15, 0.2) is 37.3 Å². The summed E-state index contributed by atoms with van der Waals surface area (Å²) in [6.45, 7) is 13.0. The van der Waals surface area contributed by atoms with Gasteiger partial charge in [-0.15, -0.1) is 0 Å². The maximum absolute atomic E-state index is 13.3. The quantitative estimate of drug-likeness (QED) is 0.493. The molecule has 0 atom stereocenters. The Labute approximate surface area is 205 Å². The van der Waals surface area contributed by atoms with Crippen LogP contribution in [0.2, 0.25) is 5.02 Å². The number of rotatable bonds is 6. The molecule has 1 aromatic carbocycles. The lowest BCUT2D eigenvalue weighted by Crippen LogP contribution is -2.61. The van der Waals surface area contributed by atoms with E-state index in [-0.39, 0.29) is 30.3 Å². The van der Waals surface area contributed by atoms with Gasteiger partial charge >= 0.3 is 0 Å². The first-order valence-electron chi connectivity index (χ1n) is 11.4. The predicted molar refractivity (Wildman–Crippen MR) is 135 cm³/mol. The summed E-state index contributed by atoms with van der Waals surface area (Å²) >= 11 is 6.47. The molecule has 1 fully saturated rings. The van der Waals surface area contributed by atoms with Gasteiger partial charge in [0.1, 0.15) is 12.9 Å². The van der Waals surface area contributed by atoms with E-state index in [1.54, 1.807) is 23.2 Å². The van der Waals surface area contributed by atoms with Crippen LogP contribution in [0, 0.1) is 13.8 Å². The van der Waals surface area contributed by atoms with E-state index in [1.807, 2.05) is 32.2 Å². The Kier molecular flexibility index (Phi) is 6.49. The van der Waals surface area contributed by atoms with Crippen molar-refractivity contribution in [3.63, 3.8) is 0 Å². The van der Waals surface area contributed by atoms with Crippen LogP contribution >= 0.6 is 11.6 Å². The molecule has 0 unspecified atom stereocenters. The van der Waals surface area contributed by atoms with Crippen LogP contribution < -0.4 is 0 Å². The zero-order valence-corrected chi connectivity index (χ0v) is 21.1. The fourth-order valence-electron chi connectivity index (χ4n) is 4.77. The van der Waals surface area contributed by atoms with Gasteiger partial charge in [0.15, 0.2) is 0 Å². The molecule has 7 nitrogen and oxygen atoms in total. The van der Waals surface area contributed by atoms with E-state index >= 15 is 0 Å². The van der Waals surface area contributed by atoms with Gasteiger partial charge in [0.05, 0.1) is 17.3 Å². The van der Waals surface area contributed by atoms with Gasteiger partial charge in [0.2, 0.25) is 11.8 Å². The number of amides is 2. The Bertz CT molecular complexity index is 1290. The highest BCUT2D eigenvalue weighted by Crippen LogP contribution is 2.40. The monoisotopic (exact) mass is 479 g/mol. The van der Waals surface area contributed by atoms with Gasteiger partial charge in [0.25, 0.3) is 0 Å². The van der Waals surface area contributed by atoms with Gasteiger partial charge in [-0.05, 0) is 43.5 Å². The zero-order valence-electron chi connectivity index (χ0n) is 20.3. The normalized spacial score (nSPS) is 13.9. The second-order valence-electron chi connectivity index (χ2n) is 9.25. The lowest BCUT2D eigenvalue weighted by atomic mass is 9.96. The highest BCUT2D eigenvalue weighted by Gasteiger charge is 2.34. The standard InChI is InChI=1S/C26H30ClN5O2/c1-7-22(33)31-11-19(12-31)30(6)23(34)13-32-17(5)24(20-9-18(27)8-16(4)26(20)32)21-10-28-14-29-25(21)15(2)3/h7-10,14-15,19H,1,11-13H2,2-6H3. The van der Waals surface area contributed by atoms with Crippen LogP contribution in [-0.2, 0) is 16.1 Å². The van der Waals surface area contributed by atoms with Gasteiger partial charge < -0.3 is 14.4 Å². The third kappa shape index (κ3) is 4.09. The predicted octanol–water partition coefficient (Wildman–Crippen LogP) is 4.35. The molecule has 34 heavy (non-hydrogen) atoms. The van der Waals surface area contributed by atoms with Crippen molar-refractivity contribution in [3.05, 3.63) is 59.3 Å². The minimum absolute atomic E-state index is 0.00334. The van der Waals surface area contributed by atoms with Gasteiger partial charge in [-0.2, -0.15) is 0 Å². The molecule has 1 aliphatic heterocycles. The first-order valence-corrected chi connectivity index (χ1v) is 11.8. The molecule has 0 spiro atoms. The summed E-state index contributed by atoms with van der Waals surface area (Å²) in [5.41, 5.74) is 5.87. The summed E-state index contributed by atoms with van der Waals surface area (Å²) in [7, 11) is 1.80. The van der Waals surface area contributed by atoms with E-state index in [2.05, 4.69) is 35.0 Å². The number of nitrogens with zero attached hydrogens (tertiary/aromatic N) is 5. The molecule has 0 radical (unpaired) electrons. The van der Waals surface area contributed by atoms with E-state index in [0.717, 1.165) is 39.0 Å². The van der Waals surface area contributed by atoms with E-state index in [1.165, 1.54) is 6.08 Å². The van der Waals surface area contributed by atoms with Crippen LogP contribution in [0.5, 0.6) is 0 Å². The molecule has 1 saturated heterocycles. The fraction of sp³-hybridized carbons (Fsp3) is 0.385. The van der Waals surface area contributed by atoms with Crippen molar-refractivity contribution in [1.82, 2.24) is 24.3 Å². The number of aryl methyl sites for hydroxylation is 1. The largest absolute Gasteiger partial charge is 0.338 e.